The fraction of sp³-hybridized carbons (Fsp3) is 0.619. The average Bonchev–Trinajstić information content (AvgIpc) is 3.22. The molecule has 1 aromatic rings. The van der Waals surface area contributed by atoms with Gasteiger partial charge in [0.2, 0.25) is 0 Å². The molecular formula is C21H25F3N2O5. The van der Waals surface area contributed by atoms with Crippen molar-refractivity contribution in [3.63, 3.8) is 0 Å². The quantitative estimate of drug-likeness (QED) is 0.511. The maximum atomic E-state index is 14.0. The summed E-state index contributed by atoms with van der Waals surface area (Å²) >= 11 is 0. The van der Waals surface area contributed by atoms with Crippen LogP contribution >= 0.6 is 0 Å². The van der Waals surface area contributed by atoms with Crippen LogP contribution in [0.5, 0.6) is 11.5 Å². The van der Waals surface area contributed by atoms with Crippen LogP contribution in [0, 0.1) is 16.0 Å². The van der Waals surface area contributed by atoms with E-state index < -0.39 is 35.1 Å². The van der Waals surface area contributed by atoms with Crippen LogP contribution < -0.4 is 9.47 Å². The Balaban J connectivity index is 1.82. The number of nitrogens with zero attached hydrogens (tertiary/aromatic N) is 2. The summed E-state index contributed by atoms with van der Waals surface area (Å²) in [6.45, 7) is 4.23. The smallest absolute Gasteiger partial charge is 0.432 e. The summed E-state index contributed by atoms with van der Waals surface area (Å²) in [5.74, 6) is -1.26. The van der Waals surface area contributed by atoms with E-state index >= 15 is 0 Å². The van der Waals surface area contributed by atoms with Gasteiger partial charge in [0.15, 0.2) is 11.5 Å². The second-order valence-electron chi connectivity index (χ2n) is 7.90. The first kappa shape index (κ1) is 21.7. The number of halogens is 3. The van der Waals surface area contributed by atoms with Crippen LogP contribution in [0.4, 0.5) is 13.2 Å². The Hall–Kier alpha value is -2.49. The molecule has 0 radical (unpaired) electrons. The molecule has 0 N–H and O–H groups in total. The normalized spacial score (nSPS) is 28.5. The lowest BCUT2D eigenvalue weighted by atomic mass is 9.74. The van der Waals surface area contributed by atoms with Gasteiger partial charge in [-0.1, -0.05) is 18.2 Å². The molecule has 7 nitrogen and oxygen atoms in total. The first-order valence-electron chi connectivity index (χ1n) is 10.5. The third-order valence-corrected chi connectivity index (χ3v) is 6.18. The van der Waals surface area contributed by atoms with Crippen molar-refractivity contribution in [3.05, 3.63) is 45.6 Å². The molecular weight excluding hydrogens is 417 g/mol. The summed E-state index contributed by atoms with van der Waals surface area (Å²) in [5.41, 5.74) is 1.27. The van der Waals surface area contributed by atoms with Crippen molar-refractivity contribution < 1.29 is 32.3 Å². The molecule has 10 heteroatoms. The largest absolute Gasteiger partial charge is 0.490 e. The maximum Gasteiger partial charge on any atom is 0.432 e. The zero-order valence-corrected chi connectivity index (χ0v) is 17.1. The highest BCUT2D eigenvalue weighted by Gasteiger charge is 2.61. The van der Waals surface area contributed by atoms with E-state index in [-0.39, 0.29) is 18.1 Å². The molecule has 2 aliphatic heterocycles. The molecule has 0 saturated carbocycles. The van der Waals surface area contributed by atoms with Gasteiger partial charge in [-0.3, -0.25) is 10.1 Å². The molecule has 31 heavy (non-hydrogen) atoms. The van der Waals surface area contributed by atoms with Crippen molar-refractivity contribution in [2.45, 2.75) is 44.0 Å². The van der Waals surface area contributed by atoms with Crippen molar-refractivity contribution in [2.24, 2.45) is 5.92 Å². The summed E-state index contributed by atoms with van der Waals surface area (Å²) in [6.07, 6.45) is -4.24. The first-order chi connectivity index (χ1) is 14.8. The van der Waals surface area contributed by atoms with E-state index in [1.807, 2.05) is 6.08 Å². The Labute approximate surface area is 177 Å². The molecule has 4 rings (SSSR count). The lowest BCUT2D eigenvalue weighted by Crippen LogP contribution is -2.55. The van der Waals surface area contributed by atoms with E-state index in [4.69, 9.17) is 14.2 Å². The van der Waals surface area contributed by atoms with E-state index in [9.17, 15) is 23.3 Å². The van der Waals surface area contributed by atoms with Crippen molar-refractivity contribution in [3.8, 4) is 11.5 Å². The predicted octanol–water partition coefficient (Wildman–Crippen LogP) is 3.76. The number of allylic oxidation sites excluding steroid dienone is 2. The van der Waals surface area contributed by atoms with Crippen molar-refractivity contribution >= 4 is 0 Å². The van der Waals surface area contributed by atoms with Gasteiger partial charge >= 0.3 is 6.18 Å². The highest BCUT2D eigenvalue weighted by Crippen LogP contribution is 2.53. The number of alkyl halides is 3. The summed E-state index contributed by atoms with van der Waals surface area (Å²) < 4.78 is 58.1. The lowest BCUT2D eigenvalue weighted by molar-refractivity contribution is -0.550. The zero-order chi connectivity index (χ0) is 22.2. The topological polar surface area (TPSA) is 74.1 Å². The number of hydrogen-bond donors (Lipinski definition) is 0. The van der Waals surface area contributed by atoms with Crippen LogP contribution in [0.1, 0.15) is 31.2 Å². The van der Waals surface area contributed by atoms with Crippen LogP contribution in [-0.2, 0) is 4.74 Å². The third kappa shape index (κ3) is 4.05. The summed E-state index contributed by atoms with van der Waals surface area (Å²) in [5, 5.41) is 12.0. The fourth-order valence-electron chi connectivity index (χ4n) is 4.98. The number of morpholine rings is 1. The predicted molar refractivity (Wildman–Crippen MR) is 105 cm³/mol. The van der Waals surface area contributed by atoms with Crippen molar-refractivity contribution in [2.75, 3.05) is 32.9 Å². The molecule has 1 aliphatic carbocycles. The molecule has 1 fully saturated rings. The minimum Gasteiger partial charge on any atom is -0.490 e. The number of hydrogen-bond acceptors (Lipinski definition) is 6. The number of fused-ring (bicyclic) bond motifs is 1. The van der Waals surface area contributed by atoms with Gasteiger partial charge in [0.1, 0.15) is 0 Å². The van der Waals surface area contributed by atoms with E-state index in [0.29, 0.717) is 44.7 Å². The third-order valence-electron chi connectivity index (χ3n) is 6.18. The molecule has 0 aromatic heterocycles. The lowest BCUT2D eigenvalue weighted by Gasteiger charge is -2.41. The Kier molecular flexibility index (Phi) is 6.00. The van der Waals surface area contributed by atoms with Crippen LogP contribution in [0.2, 0.25) is 0 Å². The second-order valence-corrected chi connectivity index (χ2v) is 7.90. The van der Waals surface area contributed by atoms with E-state index in [2.05, 4.69) is 4.90 Å². The van der Waals surface area contributed by atoms with Gasteiger partial charge in [-0.25, -0.2) is 0 Å². The fourth-order valence-corrected chi connectivity index (χ4v) is 4.98. The number of ether oxygens (including phenoxy) is 3. The van der Waals surface area contributed by atoms with Crippen molar-refractivity contribution in [1.29, 1.82) is 0 Å². The highest BCUT2D eigenvalue weighted by molar-refractivity contribution is 5.51. The van der Waals surface area contributed by atoms with Crippen molar-refractivity contribution in [1.82, 2.24) is 4.90 Å². The van der Waals surface area contributed by atoms with Crippen LogP contribution in [0.25, 0.3) is 0 Å². The molecule has 0 unspecified atom stereocenters. The van der Waals surface area contributed by atoms with Gasteiger partial charge in [-0.2, -0.15) is 13.2 Å². The molecule has 2 heterocycles. The van der Waals surface area contributed by atoms with Gasteiger partial charge in [0, 0.05) is 35.2 Å². The Morgan fingerprint density at radius 2 is 2.03 bits per heavy atom. The minimum absolute atomic E-state index is 0.0389. The maximum absolute atomic E-state index is 14.0. The molecule has 0 amide bonds. The van der Waals surface area contributed by atoms with E-state index in [0.717, 1.165) is 5.70 Å². The summed E-state index contributed by atoms with van der Waals surface area (Å²) in [4.78, 5) is 13.3. The zero-order valence-electron chi connectivity index (χ0n) is 17.1. The Morgan fingerprint density at radius 1 is 1.29 bits per heavy atom. The number of benzene rings is 1. The van der Waals surface area contributed by atoms with Crippen LogP contribution in [0.3, 0.4) is 0 Å². The molecule has 0 spiro atoms. The number of para-hydroxylation sites is 1. The van der Waals surface area contributed by atoms with Gasteiger partial charge in [-0.15, -0.1) is 0 Å². The Morgan fingerprint density at radius 3 is 2.68 bits per heavy atom. The molecule has 170 valence electrons. The second kappa shape index (κ2) is 8.57. The summed E-state index contributed by atoms with van der Waals surface area (Å²) in [6, 6.07) is 2.86. The monoisotopic (exact) mass is 442 g/mol. The number of nitro groups is 1. The molecule has 0 bridgehead atoms. The highest BCUT2D eigenvalue weighted by atomic mass is 19.4. The van der Waals surface area contributed by atoms with Gasteiger partial charge in [0.25, 0.3) is 12.1 Å². The summed E-state index contributed by atoms with van der Waals surface area (Å²) in [7, 11) is 0. The molecule has 1 saturated heterocycles. The SMILES string of the molecule is CCOc1cccc2c1O[C@H](C(F)(F)F)[C@H]([N+](=O)[O-])[C@H]2[C@H]1CCC=C1N1CCOCC1. The Bertz CT molecular complexity index is 854. The molecule has 3 aliphatic rings. The first-order valence-corrected chi connectivity index (χ1v) is 10.5. The number of rotatable bonds is 5. The van der Waals surface area contributed by atoms with Crippen LogP contribution in [-0.4, -0.2) is 61.1 Å². The van der Waals surface area contributed by atoms with E-state index in [1.165, 1.54) is 6.07 Å². The van der Waals surface area contributed by atoms with Crippen LogP contribution in [0.15, 0.2) is 30.0 Å². The standard InChI is InChI=1S/C21H25F3N2O5/c1-2-30-16-8-4-6-14-17(13-5-3-7-15(13)25-9-11-29-12-10-25)18(26(27)28)20(21(22,23)24)31-19(14)16/h4,6-8,13,17-18,20H,2-3,5,9-12H2,1H3/t13-,17-,18+,20-/m0/s1. The van der Waals surface area contributed by atoms with Gasteiger partial charge < -0.3 is 19.1 Å². The average molecular weight is 442 g/mol. The van der Waals surface area contributed by atoms with Gasteiger partial charge in [0.05, 0.1) is 25.7 Å². The van der Waals surface area contributed by atoms with E-state index in [1.54, 1.807) is 19.1 Å². The molecule has 4 atom stereocenters. The molecule has 1 aromatic carbocycles. The van der Waals surface area contributed by atoms with Gasteiger partial charge in [-0.05, 0) is 25.8 Å². The minimum atomic E-state index is -4.89.